The fraction of sp³-hybridized carbons (Fsp3) is 0.320. The lowest BCUT2D eigenvalue weighted by Crippen LogP contribution is -2.34. The zero-order chi connectivity index (χ0) is 23.0. The van der Waals surface area contributed by atoms with Gasteiger partial charge in [0.15, 0.2) is 11.5 Å². The number of benzene rings is 2. The van der Waals surface area contributed by atoms with Gasteiger partial charge in [-0.15, -0.1) is 0 Å². The molecule has 1 saturated carbocycles. The molecule has 8 heteroatoms. The number of hydrogen-bond acceptors (Lipinski definition) is 5. The number of carbonyl (C=O) groups excluding carboxylic acids is 2. The van der Waals surface area contributed by atoms with Crippen LogP contribution < -0.4 is 15.4 Å². The summed E-state index contributed by atoms with van der Waals surface area (Å²) < 4.78 is 11.0. The third-order valence-electron chi connectivity index (χ3n) is 5.56. The fourth-order valence-corrected chi connectivity index (χ4v) is 3.98. The Morgan fingerprint density at radius 2 is 1.76 bits per heavy atom. The SMILES string of the molecule is O=C(Nc1ccc(OCc2cc(C(=O)NC3CCCCCC3)no2)cc1)c1cccc(Cl)c1. The molecule has 1 heterocycles. The Morgan fingerprint density at radius 1 is 1.00 bits per heavy atom. The van der Waals surface area contributed by atoms with Crippen LogP contribution in [0.4, 0.5) is 5.69 Å². The maximum atomic E-state index is 12.4. The lowest BCUT2D eigenvalue weighted by atomic mass is 10.1. The minimum absolute atomic E-state index is 0.137. The van der Waals surface area contributed by atoms with Crippen molar-refractivity contribution in [1.29, 1.82) is 0 Å². The molecule has 1 fully saturated rings. The van der Waals surface area contributed by atoms with Crippen LogP contribution in [-0.4, -0.2) is 23.0 Å². The van der Waals surface area contributed by atoms with E-state index in [9.17, 15) is 9.59 Å². The number of aromatic nitrogens is 1. The van der Waals surface area contributed by atoms with Gasteiger partial charge < -0.3 is 19.9 Å². The maximum Gasteiger partial charge on any atom is 0.273 e. The number of nitrogens with one attached hydrogen (secondary N) is 2. The number of carbonyl (C=O) groups is 2. The minimum Gasteiger partial charge on any atom is -0.486 e. The average molecular weight is 468 g/mol. The Hall–Kier alpha value is -3.32. The van der Waals surface area contributed by atoms with Crippen LogP contribution in [-0.2, 0) is 6.61 Å². The lowest BCUT2D eigenvalue weighted by molar-refractivity contribution is 0.0923. The second-order valence-corrected chi connectivity index (χ2v) is 8.55. The van der Waals surface area contributed by atoms with Gasteiger partial charge in [-0.05, 0) is 55.3 Å². The van der Waals surface area contributed by atoms with Gasteiger partial charge in [0, 0.05) is 28.4 Å². The van der Waals surface area contributed by atoms with Gasteiger partial charge in [0.05, 0.1) is 0 Å². The van der Waals surface area contributed by atoms with Gasteiger partial charge in [-0.25, -0.2) is 0 Å². The molecule has 7 nitrogen and oxygen atoms in total. The number of amides is 2. The van der Waals surface area contributed by atoms with E-state index >= 15 is 0 Å². The van der Waals surface area contributed by atoms with Crippen molar-refractivity contribution in [2.24, 2.45) is 0 Å². The van der Waals surface area contributed by atoms with E-state index < -0.39 is 0 Å². The second kappa shape index (κ2) is 11.0. The Kier molecular flexibility index (Phi) is 7.62. The van der Waals surface area contributed by atoms with Crippen molar-refractivity contribution in [3.05, 3.63) is 76.6 Å². The normalized spacial score (nSPS) is 14.3. The van der Waals surface area contributed by atoms with Crippen LogP contribution >= 0.6 is 11.6 Å². The summed E-state index contributed by atoms with van der Waals surface area (Å²) in [6, 6.07) is 15.5. The summed E-state index contributed by atoms with van der Waals surface area (Å²) in [5, 5.41) is 10.2. The first-order chi connectivity index (χ1) is 16.1. The maximum absolute atomic E-state index is 12.4. The molecule has 0 atom stereocenters. The van der Waals surface area contributed by atoms with Crippen LogP contribution in [0.15, 0.2) is 59.1 Å². The van der Waals surface area contributed by atoms with Crippen molar-refractivity contribution in [3.63, 3.8) is 0 Å². The zero-order valence-electron chi connectivity index (χ0n) is 18.2. The van der Waals surface area contributed by atoms with E-state index in [2.05, 4.69) is 15.8 Å². The summed E-state index contributed by atoms with van der Waals surface area (Å²) in [5.74, 6) is 0.593. The first-order valence-electron chi connectivity index (χ1n) is 11.1. The van der Waals surface area contributed by atoms with Crippen LogP contribution in [0.2, 0.25) is 5.02 Å². The van der Waals surface area contributed by atoms with Gasteiger partial charge in [-0.1, -0.05) is 48.5 Å². The van der Waals surface area contributed by atoms with E-state index in [4.69, 9.17) is 20.9 Å². The number of halogens is 1. The van der Waals surface area contributed by atoms with Crippen molar-refractivity contribution < 1.29 is 18.8 Å². The Labute approximate surface area is 197 Å². The smallest absolute Gasteiger partial charge is 0.273 e. The summed E-state index contributed by atoms with van der Waals surface area (Å²) in [6.45, 7) is 0.137. The Balaban J connectivity index is 1.27. The van der Waals surface area contributed by atoms with E-state index in [1.807, 2.05) is 0 Å². The summed E-state index contributed by atoms with van der Waals surface area (Å²) in [7, 11) is 0. The van der Waals surface area contributed by atoms with E-state index in [0.717, 1.165) is 25.7 Å². The highest BCUT2D eigenvalue weighted by molar-refractivity contribution is 6.31. The molecule has 0 saturated heterocycles. The van der Waals surface area contributed by atoms with Crippen molar-refractivity contribution >= 4 is 29.1 Å². The molecule has 33 heavy (non-hydrogen) atoms. The molecular formula is C25H26ClN3O4. The molecule has 0 bridgehead atoms. The molecule has 2 amide bonds. The summed E-state index contributed by atoms with van der Waals surface area (Å²) in [6.07, 6.45) is 6.77. The van der Waals surface area contributed by atoms with E-state index in [1.54, 1.807) is 54.6 Å². The minimum atomic E-state index is -0.248. The molecule has 0 radical (unpaired) electrons. The first-order valence-corrected chi connectivity index (χ1v) is 11.5. The predicted octanol–water partition coefficient (Wildman–Crippen LogP) is 5.61. The Bertz CT molecular complexity index is 1090. The predicted molar refractivity (Wildman–Crippen MR) is 126 cm³/mol. The highest BCUT2D eigenvalue weighted by Crippen LogP contribution is 2.20. The number of rotatable bonds is 7. The number of nitrogens with zero attached hydrogens (tertiary/aromatic N) is 1. The highest BCUT2D eigenvalue weighted by atomic mass is 35.5. The lowest BCUT2D eigenvalue weighted by Gasteiger charge is -2.14. The monoisotopic (exact) mass is 467 g/mol. The van der Waals surface area contributed by atoms with Gasteiger partial charge in [0.2, 0.25) is 0 Å². The van der Waals surface area contributed by atoms with Crippen molar-refractivity contribution in [3.8, 4) is 5.75 Å². The highest BCUT2D eigenvalue weighted by Gasteiger charge is 2.18. The molecule has 1 aliphatic carbocycles. The van der Waals surface area contributed by atoms with Gasteiger partial charge in [-0.2, -0.15) is 0 Å². The topological polar surface area (TPSA) is 93.5 Å². The molecule has 172 valence electrons. The molecule has 2 aromatic carbocycles. The number of anilines is 1. The van der Waals surface area contributed by atoms with E-state index in [0.29, 0.717) is 27.8 Å². The van der Waals surface area contributed by atoms with Gasteiger partial charge in [0.1, 0.15) is 12.4 Å². The second-order valence-electron chi connectivity index (χ2n) is 8.12. The zero-order valence-corrected chi connectivity index (χ0v) is 18.9. The van der Waals surface area contributed by atoms with Crippen molar-refractivity contribution in [2.45, 2.75) is 51.2 Å². The molecular weight excluding hydrogens is 442 g/mol. The quantitative estimate of drug-likeness (QED) is 0.440. The number of ether oxygens (including phenoxy) is 1. The Morgan fingerprint density at radius 3 is 2.48 bits per heavy atom. The van der Waals surface area contributed by atoms with Gasteiger partial charge >= 0.3 is 0 Å². The molecule has 1 aromatic heterocycles. The van der Waals surface area contributed by atoms with Gasteiger partial charge in [0.25, 0.3) is 11.8 Å². The standard InChI is InChI=1S/C25H26ClN3O4/c26-18-7-5-6-17(14-18)24(30)27-20-10-12-21(13-11-20)32-16-22-15-23(29-33-22)25(31)28-19-8-3-1-2-4-9-19/h5-7,10-15,19H,1-4,8-9,16H2,(H,27,30)(H,28,31). The van der Waals surface area contributed by atoms with Crippen LogP contribution in [0.5, 0.6) is 5.75 Å². The molecule has 0 aliphatic heterocycles. The molecule has 4 rings (SSSR count). The number of hydrogen-bond donors (Lipinski definition) is 2. The summed E-state index contributed by atoms with van der Waals surface area (Å²) in [5.41, 5.74) is 1.37. The summed E-state index contributed by atoms with van der Waals surface area (Å²) >= 11 is 5.94. The van der Waals surface area contributed by atoms with E-state index in [-0.39, 0.29) is 30.2 Å². The average Bonchev–Trinajstić information content (AvgIpc) is 3.15. The first kappa shape index (κ1) is 22.9. The van der Waals surface area contributed by atoms with E-state index in [1.165, 1.54) is 12.8 Å². The molecule has 3 aromatic rings. The third kappa shape index (κ3) is 6.58. The van der Waals surface area contributed by atoms with Crippen LogP contribution in [0.25, 0.3) is 0 Å². The fourth-order valence-electron chi connectivity index (χ4n) is 3.79. The third-order valence-corrected chi connectivity index (χ3v) is 5.80. The molecule has 0 spiro atoms. The molecule has 0 unspecified atom stereocenters. The van der Waals surface area contributed by atoms with Crippen molar-refractivity contribution in [1.82, 2.24) is 10.5 Å². The molecule has 2 N–H and O–H groups in total. The molecule has 1 aliphatic rings. The van der Waals surface area contributed by atoms with Crippen LogP contribution in [0, 0.1) is 0 Å². The van der Waals surface area contributed by atoms with Crippen LogP contribution in [0.3, 0.4) is 0 Å². The van der Waals surface area contributed by atoms with Crippen molar-refractivity contribution in [2.75, 3.05) is 5.32 Å². The van der Waals surface area contributed by atoms with Crippen LogP contribution in [0.1, 0.15) is 65.1 Å². The van der Waals surface area contributed by atoms with Gasteiger partial charge in [-0.3, -0.25) is 9.59 Å². The largest absolute Gasteiger partial charge is 0.486 e. The summed E-state index contributed by atoms with van der Waals surface area (Å²) in [4.78, 5) is 24.8.